The molecule has 170 valence electrons. The molecule has 0 saturated carbocycles. The third kappa shape index (κ3) is 4.71. The highest BCUT2D eigenvalue weighted by Crippen LogP contribution is 2.31. The zero-order chi connectivity index (χ0) is 23.4. The fraction of sp³-hybridized carbons (Fsp3) is 0.304. The first-order chi connectivity index (χ1) is 15.3. The molecule has 0 fully saturated rings. The lowest BCUT2D eigenvalue weighted by Crippen LogP contribution is -2.25. The monoisotopic (exact) mass is 462 g/mol. The van der Waals surface area contributed by atoms with Crippen LogP contribution in [0.15, 0.2) is 41.3 Å². The molecule has 0 unspecified atom stereocenters. The Labute approximate surface area is 189 Å². The summed E-state index contributed by atoms with van der Waals surface area (Å²) in [4.78, 5) is 26.2. The Kier molecular flexibility index (Phi) is 7.37. The van der Waals surface area contributed by atoms with Crippen LogP contribution in [0.25, 0.3) is 10.9 Å². The lowest BCUT2D eigenvalue weighted by atomic mass is 10.00. The van der Waals surface area contributed by atoms with Crippen LogP contribution in [0.5, 0.6) is 5.75 Å². The lowest BCUT2D eigenvalue weighted by molar-refractivity contribution is 0.143. The predicted octanol–water partition coefficient (Wildman–Crippen LogP) is 4.28. The molecule has 2 N–H and O–H groups in total. The number of anilines is 1. The van der Waals surface area contributed by atoms with Gasteiger partial charge in [0.25, 0.3) is 0 Å². The smallest absolute Gasteiger partial charge is 0.449 e. The fourth-order valence-electron chi connectivity index (χ4n) is 3.81. The molecule has 0 saturated heterocycles. The van der Waals surface area contributed by atoms with Crippen LogP contribution in [-0.2, 0) is 13.0 Å². The first kappa shape index (κ1) is 23.6. The van der Waals surface area contributed by atoms with Gasteiger partial charge < -0.3 is 24.4 Å². The number of aliphatic hydroxyl groups excluding tert-OH is 1. The molecule has 0 bridgehead atoms. The highest BCUT2D eigenvalue weighted by molar-refractivity contribution is 6.30. The van der Waals surface area contributed by atoms with Gasteiger partial charge in [0, 0.05) is 26.1 Å². The summed E-state index contributed by atoms with van der Waals surface area (Å²) >= 11 is 5.92. The molecule has 0 aliphatic heterocycles. The quantitative estimate of drug-likeness (QED) is 0.485. The number of carboxylic acid groups (broad SMARTS) is 1. The molecule has 2 aromatic carbocycles. The van der Waals surface area contributed by atoms with Crippen LogP contribution in [0.1, 0.15) is 25.0 Å². The number of aliphatic hydroxyl groups is 1. The molecule has 0 aliphatic rings. The Bertz CT molecular complexity index is 1210. The Balaban J connectivity index is 2.32. The van der Waals surface area contributed by atoms with Crippen molar-refractivity contribution in [2.75, 3.05) is 24.6 Å². The van der Waals surface area contributed by atoms with Gasteiger partial charge in [0.05, 0.1) is 34.4 Å². The first-order valence-corrected chi connectivity index (χ1v) is 10.6. The molecular formula is C23H24ClFN2O5. The summed E-state index contributed by atoms with van der Waals surface area (Å²) in [6, 6.07) is 8.22. The van der Waals surface area contributed by atoms with Crippen molar-refractivity contribution >= 4 is 34.3 Å². The van der Waals surface area contributed by atoms with Crippen molar-refractivity contribution in [1.29, 1.82) is 0 Å². The fourth-order valence-corrected chi connectivity index (χ4v) is 4.01. The second kappa shape index (κ2) is 10.0. The summed E-state index contributed by atoms with van der Waals surface area (Å²) in [5, 5.41) is 18.8. The molecule has 1 heterocycles. The van der Waals surface area contributed by atoms with E-state index in [-0.39, 0.29) is 35.7 Å². The number of hydrogen-bond donors (Lipinski definition) is 2. The third-order valence-corrected chi connectivity index (χ3v) is 5.54. The van der Waals surface area contributed by atoms with Gasteiger partial charge >= 0.3 is 6.16 Å². The van der Waals surface area contributed by atoms with Crippen molar-refractivity contribution < 1.29 is 24.1 Å². The normalized spacial score (nSPS) is 11.0. The molecule has 1 aromatic heterocycles. The van der Waals surface area contributed by atoms with E-state index in [0.29, 0.717) is 29.7 Å². The van der Waals surface area contributed by atoms with E-state index in [1.54, 1.807) is 22.8 Å². The number of aromatic nitrogens is 1. The number of nitrogens with zero attached hydrogens (tertiary/aromatic N) is 2. The molecule has 3 rings (SSSR count). The second-order valence-corrected chi connectivity index (χ2v) is 7.59. The number of ether oxygens (including phenoxy) is 1. The standard InChI is InChI=1S/C23H24ClFN2O5/c1-3-26(4-2)18-12-14(10-15-6-5-7-17(24)20(15)25)11-16-21(18)27(8-9-28)13-19(22(16)29)32-23(30)31/h5-7,11-13,28H,3-4,8-10H2,1-2H3,(H,30,31). The van der Waals surface area contributed by atoms with Gasteiger partial charge in [-0.25, -0.2) is 9.18 Å². The van der Waals surface area contributed by atoms with E-state index >= 15 is 0 Å². The maximum atomic E-state index is 14.5. The number of hydrogen-bond acceptors (Lipinski definition) is 5. The Morgan fingerprint density at radius 3 is 2.59 bits per heavy atom. The molecule has 7 nitrogen and oxygen atoms in total. The highest BCUT2D eigenvalue weighted by Gasteiger charge is 2.20. The van der Waals surface area contributed by atoms with E-state index in [1.807, 2.05) is 24.8 Å². The minimum Gasteiger partial charge on any atom is -0.449 e. The topological polar surface area (TPSA) is 92.0 Å². The van der Waals surface area contributed by atoms with Crippen LogP contribution in [0.2, 0.25) is 5.02 Å². The van der Waals surface area contributed by atoms with Crippen molar-refractivity contribution in [3.8, 4) is 5.75 Å². The summed E-state index contributed by atoms with van der Waals surface area (Å²) in [5.41, 5.74) is 1.69. The zero-order valence-corrected chi connectivity index (χ0v) is 18.5. The van der Waals surface area contributed by atoms with Crippen LogP contribution in [-0.4, -0.2) is 40.6 Å². The van der Waals surface area contributed by atoms with Crippen molar-refractivity contribution in [2.45, 2.75) is 26.8 Å². The molecule has 3 aromatic rings. The maximum absolute atomic E-state index is 14.5. The lowest BCUT2D eigenvalue weighted by Gasteiger charge is -2.26. The van der Waals surface area contributed by atoms with Gasteiger partial charge in [-0.2, -0.15) is 0 Å². The van der Waals surface area contributed by atoms with Crippen LogP contribution in [0, 0.1) is 5.82 Å². The van der Waals surface area contributed by atoms with Crippen LogP contribution in [0.3, 0.4) is 0 Å². The molecule has 0 amide bonds. The van der Waals surface area contributed by atoms with E-state index in [9.17, 15) is 19.1 Å². The number of carbonyl (C=O) groups is 1. The van der Waals surface area contributed by atoms with Crippen LogP contribution >= 0.6 is 11.6 Å². The van der Waals surface area contributed by atoms with Crippen molar-refractivity contribution in [2.24, 2.45) is 0 Å². The molecule has 0 atom stereocenters. The van der Waals surface area contributed by atoms with Crippen LogP contribution < -0.4 is 15.1 Å². The zero-order valence-electron chi connectivity index (χ0n) is 17.8. The summed E-state index contributed by atoms with van der Waals surface area (Å²) in [6.45, 7) is 5.12. The van der Waals surface area contributed by atoms with Gasteiger partial charge in [0.1, 0.15) is 5.82 Å². The molecule has 9 heteroatoms. The van der Waals surface area contributed by atoms with Crippen molar-refractivity contribution in [1.82, 2.24) is 4.57 Å². The minimum absolute atomic E-state index is 0.00898. The van der Waals surface area contributed by atoms with Gasteiger partial charge in [0.2, 0.25) is 5.43 Å². The Morgan fingerprint density at radius 2 is 1.97 bits per heavy atom. The maximum Gasteiger partial charge on any atom is 0.511 e. The third-order valence-electron chi connectivity index (χ3n) is 5.25. The van der Waals surface area contributed by atoms with Gasteiger partial charge in [-0.15, -0.1) is 0 Å². The SMILES string of the molecule is CCN(CC)c1cc(Cc2cccc(Cl)c2F)cc2c(=O)c(OC(=O)O)cn(CCO)c12. The molecule has 32 heavy (non-hydrogen) atoms. The molecule has 0 radical (unpaired) electrons. The van der Waals surface area contributed by atoms with E-state index in [0.717, 1.165) is 5.69 Å². The first-order valence-electron chi connectivity index (χ1n) is 10.2. The van der Waals surface area contributed by atoms with Crippen LogP contribution in [0.4, 0.5) is 14.9 Å². The van der Waals surface area contributed by atoms with Gasteiger partial charge in [-0.1, -0.05) is 23.7 Å². The summed E-state index contributed by atoms with van der Waals surface area (Å²) in [5.74, 6) is -0.894. The molecular weight excluding hydrogens is 439 g/mol. The van der Waals surface area contributed by atoms with E-state index in [2.05, 4.69) is 0 Å². The average molecular weight is 463 g/mol. The Hall–Kier alpha value is -3.10. The second-order valence-electron chi connectivity index (χ2n) is 7.18. The average Bonchev–Trinajstić information content (AvgIpc) is 2.75. The van der Waals surface area contributed by atoms with E-state index in [1.165, 1.54) is 12.3 Å². The molecule has 0 spiro atoms. The Morgan fingerprint density at radius 1 is 1.25 bits per heavy atom. The van der Waals surface area contributed by atoms with E-state index < -0.39 is 17.4 Å². The predicted molar refractivity (Wildman–Crippen MR) is 122 cm³/mol. The van der Waals surface area contributed by atoms with Gasteiger partial charge in [0.15, 0.2) is 5.75 Å². The minimum atomic E-state index is -1.61. The molecule has 0 aliphatic carbocycles. The van der Waals surface area contributed by atoms with E-state index in [4.69, 9.17) is 21.4 Å². The number of fused-ring (bicyclic) bond motifs is 1. The van der Waals surface area contributed by atoms with Gasteiger partial charge in [-0.3, -0.25) is 4.79 Å². The number of halogens is 2. The number of benzene rings is 2. The number of pyridine rings is 1. The summed E-state index contributed by atoms with van der Waals surface area (Å²) in [7, 11) is 0. The summed E-state index contributed by atoms with van der Waals surface area (Å²) in [6.07, 6.45) is -0.142. The van der Waals surface area contributed by atoms with Gasteiger partial charge in [-0.05, 0) is 43.2 Å². The van der Waals surface area contributed by atoms with Crippen molar-refractivity contribution in [3.63, 3.8) is 0 Å². The number of rotatable bonds is 8. The summed E-state index contributed by atoms with van der Waals surface area (Å²) < 4.78 is 20.8. The van der Waals surface area contributed by atoms with Crippen molar-refractivity contribution in [3.05, 3.63) is 68.7 Å². The highest BCUT2D eigenvalue weighted by atomic mass is 35.5. The largest absolute Gasteiger partial charge is 0.511 e.